The molecule has 33 heavy (non-hydrogen) atoms. The first-order valence-corrected chi connectivity index (χ1v) is 11.3. The number of fused-ring (bicyclic) bond motifs is 1. The number of anilines is 2. The second kappa shape index (κ2) is 8.84. The van der Waals surface area contributed by atoms with E-state index in [9.17, 15) is 5.11 Å². The van der Waals surface area contributed by atoms with E-state index < -0.39 is 0 Å². The number of nitrogens with one attached hydrogen (secondary N) is 1. The monoisotopic (exact) mass is 446 g/mol. The van der Waals surface area contributed by atoms with Crippen molar-refractivity contribution in [3.8, 4) is 22.5 Å². The molecule has 4 heterocycles. The molecule has 9 nitrogen and oxygen atoms in total. The lowest BCUT2D eigenvalue weighted by atomic mass is 10.0. The van der Waals surface area contributed by atoms with Gasteiger partial charge in [-0.3, -0.25) is 9.58 Å². The molecule has 9 heteroatoms. The van der Waals surface area contributed by atoms with E-state index in [0.29, 0.717) is 6.54 Å². The summed E-state index contributed by atoms with van der Waals surface area (Å²) in [6, 6.07) is 12.5. The van der Waals surface area contributed by atoms with Crippen LogP contribution in [0.25, 0.3) is 28.2 Å². The number of aliphatic hydroxyl groups is 1. The Kier molecular flexibility index (Phi) is 5.74. The second-order valence-electron chi connectivity index (χ2n) is 8.49. The van der Waals surface area contributed by atoms with Crippen LogP contribution in [0.5, 0.6) is 0 Å². The topological polar surface area (TPSA) is 86.8 Å². The normalized spacial score (nSPS) is 14.8. The number of β-amino-alcohol motifs (C(OH)–C–C–N with tert-alkyl or cyclic N) is 1. The van der Waals surface area contributed by atoms with Gasteiger partial charge < -0.3 is 15.3 Å². The number of aliphatic hydroxyl groups excluding tert-OH is 1. The first kappa shape index (κ1) is 21.4. The van der Waals surface area contributed by atoms with Crippen LogP contribution in [-0.2, 0) is 7.05 Å². The summed E-state index contributed by atoms with van der Waals surface area (Å²) in [4.78, 5) is 9.21. The van der Waals surface area contributed by atoms with Crippen molar-refractivity contribution in [2.75, 3.05) is 56.6 Å². The lowest BCUT2D eigenvalue weighted by Gasteiger charge is -2.36. The molecule has 1 aromatic carbocycles. The zero-order valence-electron chi connectivity index (χ0n) is 19.4. The third kappa shape index (κ3) is 4.05. The number of benzene rings is 1. The van der Waals surface area contributed by atoms with Crippen molar-refractivity contribution in [1.29, 1.82) is 0 Å². The molecule has 0 aliphatic carbocycles. The van der Waals surface area contributed by atoms with E-state index in [1.165, 1.54) is 5.56 Å². The molecule has 5 rings (SSSR count). The van der Waals surface area contributed by atoms with Crippen LogP contribution >= 0.6 is 0 Å². The summed E-state index contributed by atoms with van der Waals surface area (Å²) in [5, 5.41) is 22.3. The van der Waals surface area contributed by atoms with Gasteiger partial charge in [0.05, 0.1) is 24.1 Å². The van der Waals surface area contributed by atoms with E-state index in [4.69, 9.17) is 10.2 Å². The van der Waals surface area contributed by atoms with E-state index in [1.807, 2.05) is 41.6 Å². The molecule has 1 aliphatic heterocycles. The standard InChI is InChI=1S/C24H30N8O/c1-17-4-6-18(7-5-17)23-22(19-8-9-21-26-20(25-2)16-32(21)27-19)24(29(3)28-23)31-12-10-30(11-13-31)14-15-33/h4-9,16,25,33H,10-15H2,1-3H3. The van der Waals surface area contributed by atoms with Crippen LogP contribution in [0, 0.1) is 6.92 Å². The summed E-state index contributed by atoms with van der Waals surface area (Å²) in [7, 11) is 3.86. The maximum Gasteiger partial charge on any atom is 0.156 e. The van der Waals surface area contributed by atoms with Crippen LogP contribution in [0.3, 0.4) is 0 Å². The largest absolute Gasteiger partial charge is 0.395 e. The zero-order valence-corrected chi connectivity index (χ0v) is 19.4. The number of nitrogens with zero attached hydrogens (tertiary/aromatic N) is 7. The molecule has 0 unspecified atom stereocenters. The van der Waals surface area contributed by atoms with Crippen LogP contribution in [0.2, 0.25) is 0 Å². The third-order valence-electron chi connectivity index (χ3n) is 6.26. The Bertz CT molecular complexity index is 1250. The first-order valence-electron chi connectivity index (χ1n) is 11.3. The van der Waals surface area contributed by atoms with Gasteiger partial charge in [-0.2, -0.15) is 10.2 Å². The van der Waals surface area contributed by atoms with E-state index in [-0.39, 0.29) is 6.61 Å². The minimum atomic E-state index is 0.192. The van der Waals surface area contributed by atoms with Gasteiger partial charge in [0.1, 0.15) is 17.3 Å². The summed E-state index contributed by atoms with van der Waals surface area (Å²) in [6.45, 7) is 6.56. The highest BCUT2D eigenvalue weighted by molar-refractivity contribution is 5.88. The average molecular weight is 447 g/mol. The molecule has 3 aromatic heterocycles. The number of aromatic nitrogens is 5. The van der Waals surface area contributed by atoms with Gasteiger partial charge in [-0.05, 0) is 19.1 Å². The van der Waals surface area contributed by atoms with E-state index in [0.717, 1.165) is 66.0 Å². The molecule has 1 saturated heterocycles. The number of aryl methyl sites for hydroxylation is 2. The van der Waals surface area contributed by atoms with Crippen LogP contribution in [0.1, 0.15) is 5.56 Å². The predicted molar refractivity (Wildman–Crippen MR) is 131 cm³/mol. The fourth-order valence-corrected chi connectivity index (χ4v) is 4.49. The van der Waals surface area contributed by atoms with Gasteiger partial charge in [-0.15, -0.1) is 0 Å². The van der Waals surface area contributed by atoms with Crippen molar-refractivity contribution < 1.29 is 5.11 Å². The Hall–Kier alpha value is -3.43. The van der Waals surface area contributed by atoms with Gasteiger partial charge in [0.25, 0.3) is 0 Å². The lowest BCUT2D eigenvalue weighted by Crippen LogP contribution is -2.47. The third-order valence-corrected chi connectivity index (χ3v) is 6.26. The van der Waals surface area contributed by atoms with Crippen molar-refractivity contribution in [3.05, 3.63) is 48.2 Å². The summed E-state index contributed by atoms with van der Waals surface area (Å²) >= 11 is 0. The Morgan fingerprint density at radius 3 is 2.45 bits per heavy atom. The summed E-state index contributed by atoms with van der Waals surface area (Å²) in [6.07, 6.45) is 1.90. The zero-order chi connectivity index (χ0) is 22.9. The Balaban J connectivity index is 1.63. The Morgan fingerprint density at radius 1 is 1.00 bits per heavy atom. The van der Waals surface area contributed by atoms with Gasteiger partial charge in [0.2, 0.25) is 0 Å². The number of piperazine rings is 1. The molecular formula is C24H30N8O. The minimum absolute atomic E-state index is 0.192. The molecule has 0 atom stereocenters. The second-order valence-corrected chi connectivity index (χ2v) is 8.49. The molecule has 2 N–H and O–H groups in total. The molecule has 1 aliphatic rings. The number of imidazole rings is 1. The molecule has 0 radical (unpaired) electrons. The molecule has 0 saturated carbocycles. The highest BCUT2D eigenvalue weighted by atomic mass is 16.3. The van der Waals surface area contributed by atoms with Crippen LogP contribution < -0.4 is 10.2 Å². The highest BCUT2D eigenvalue weighted by Gasteiger charge is 2.27. The van der Waals surface area contributed by atoms with Crippen molar-refractivity contribution in [1.82, 2.24) is 29.3 Å². The van der Waals surface area contributed by atoms with Crippen molar-refractivity contribution in [2.45, 2.75) is 6.92 Å². The average Bonchev–Trinajstić information content (AvgIpc) is 3.40. The quantitative estimate of drug-likeness (QED) is 0.470. The molecule has 1 fully saturated rings. The fraction of sp³-hybridized carbons (Fsp3) is 0.375. The smallest absolute Gasteiger partial charge is 0.156 e. The van der Waals surface area contributed by atoms with E-state index >= 15 is 0 Å². The fourth-order valence-electron chi connectivity index (χ4n) is 4.49. The first-order chi connectivity index (χ1) is 16.1. The number of rotatable bonds is 6. The van der Waals surface area contributed by atoms with Gasteiger partial charge in [0.15, 0.2) is 5.65 Å². The molecule has 4 aromatic rings. The molecule has 172 valence electrons. The van der Waals surface area contributed by atoms with Gasteiger partial charge in [0, 0.05) is 52.4 Å². The highest BCUT2D eigenvalue weighted by Crippen LogP contribution is 2.39. The molecule has 0 amide bonds. The van der Waals surface area contributed by atoms with Crippen molar-refractivity contribution >= 4 is 17.3 Å². The molecule has 0 spiro atoms. The molecule has 0 bridgehead atoms. The number of hydrogen-bond acceptors (Lipinski definition) is 7. The SMILES string of the molecule is CNc1cn2nc(-c3c(-c4ccc(C)cc4)nn(C)c3N3CCN(CCO)CC3)ccc2n1. The maximum absolute atomic E-state index is 9.30. The van der Waals surface area contributed by atoms with Crippen molar-refractivity contribution in [2.24, 2.45) is 7.05 Å². The Labute approximate surface area is 193 Å². The van der Waals surface area contributed by atoms with E-state index in [1.54, 1.807) is 0 Å². The lowest BCUT2D eigenvalue weighted by molar-refractivity contribution is 0.188. The number of hydrogen-bond donors (Lipinski definition) is 2. The summed E-state index contributed by atoms with van der Waals surface area (Å²) < 4.78 is 3.79. The van der Waals surface area contributed by atoms with Crippen LogP contribution in [0.4, 0.5) is 11.6 Å². The summed E-state index contributed by atoms with van der Waals surface area (Å²) in [5.41, 5.74) is 5.89. The predicted octanol–water partition coefficient (Wildman–Crippen LogP) is 2.26. The van der Waals surface area contributed by atoms with Crippen LogP contribution in [0.15, 0.2) is 42.6 Å². The maximum atomic E-state index is 9.30. The Morgan fingerprint density at radius 2 is 1.76 bits per heavy atom. The molecular weight excluding hydrogens is 416 g/mol. The van der Waals surface area contributed by atoms with Crippen molar-refractivity contribution in [3.63, 3.8) is 0 Å². The van der Waals surface area contributed by atoms with E-state index in [2.05, 4.69) is 51.3 Å². The van der Waals surface area contributed by atoms with Gasteiger partial charge in [-0.25, -0.2) is 9.50 Å². The van der Waals surface area contributed by atoms with Gasteiger partial charge in [-0.1, -0.05) is 29.8 Å². The van der Waals surface area contributed by atoms with Crippen LogP contribution in [-0.4, -0.2) is 80.8 Å². The summed E-state index contributed by atoms with van der Waals surface area (Å²) in [5.74, 6) is 1.85. The minimum Gasteiger partial charge on any atom is -0.395 e. The van der Waals surface area contributed by atoms with Gasteiger partial charge >= 0.3 is 0 Å².